The van der Waals surface area contributed by atoms with Crippen LogP contribution >= 0.6 is 0 Å². The minimum atomic E-state index is -0.0696. The van der Waals surface area contributed by atoms with Crippen LogP contribution in [0.25, 0.3) is 0 Å². The van der Waals surface area contributed by atoms with Crippen molar-refractivity contribution in [3.63, 3.8) is 0 Å². The molecule has 1 aliphatic rings. The molecule has 1 aliphatic heterocycles. The lowest BCUT2D eigenvalue weighted by atomic mass is 9.82. The lowest BCUT2D eigenvalue weighted by Gasteiger charge is -2.43. The van der Waals surface area contributed by atoms with Gasteiger partial charge in [0.15, 0.2) is 0 Å². The van der Waals surface area contributed by atoms with E-state index in [1.54, 1.807) is 0 Å². The first-order valence-corrected chi connectivity index (χ1v) is 6.74. The molecule has 0 radical (unpaired) electrons. The van der Waals surface area contributed by atoms with Crippen LogP contribution in [-0.2, 0) is 9.47 Å². The van der Waals surface area contributed by atoms with Gasteiger partial charge in [0.25, 0.3) is 0 Å². The lowest BCUT2D eigenvalue weighted by Crippen LogP contribution is -2.54. The second-order valence-corrected chi connectivity index (χ2v) is 4.76. The average Bonchev–Trinajstić information content (AvgIpc) is 2.37. The Kier molecular flexibility index (Phi) is 6.17. The maximum absolute atomic E-state index is 6.09. The van der Waals surface area contributed by atoms with Gasteiger partial charge in [-0.15, -0.1) is 0 Å². The standard InChI is InChI=1S/C14H27NO2/c1-5-12(3)11-13(15-4)14(17-6-2)7-9-16-10-8-14/h13,15H,3,5-11H2,1-2,4H3. The largest absolute Gasteiger partial charge is 0.381 e. The molecule has 1 unspecified atom stereocenters. The van der Waals surface area contributed by atoms with Crippen LogP contribution in [0.5, 0.6) is 0 Å². The maximum Gasteiger partial charge on any atom is 0.0881 e. The van der Waals surface area contributed by atoms with Crippen LogP contribution in [0.15, 0.2) is 12.2 Å². The SMILES string of the molecule is C=C(CC)CC(NC)C1(OCC)CCOCC1. The number of hydrogen-bond donors (Lipinski definition) is 1. The quantitative estimate of drug-likeness (QED) is 0.695. The Hall–Kier alpha value is -0.380. The molecule has 0 spiro atoms. The number of ether oxygens (including phenoxy) is 2. The summed E-state index contributed by atoms with van der Waals surface area (Å²) < 4.78 is 11.6. The third-order valence-corrected chi connectivity index (χ3v) is 3.75. The average molecular weight is 241 g/mol. The van der Waals surface area contributed by atoms with Crippen LogP contribution in [-0.4, -0.2) is 38.5 Å². The summed E-state index contributed by atoms with van der Waals surface area (Å²) in [6.07, 6.45) is 3.98. The van der Waals surface area contributed by atoms with E-state index in [4.69, 9.17) is 9.47 Å². The predicted octanol–water partition coefficient (Wildman–Crippen LogP) is 2.52. The molecule has 0 amide bonds. The van der Waals surface area contributed by atoms with Crippen molar-refractivity contribution in [3.8, 4) is 0 Å². The van der Waals surface area contributed by atoms with Crippen molar-refractivity contribution < 1.29 is 9.47 Å². The van der Waals surface area contributed by atoms with Gasteiger partial charge in [-0.1, -0.05) is 19.1 Å². The van der Waals surface area contributed by atoms with E-state index < -0.39 is 0 Å². The number of likely N-dealkylation sites (N-methyl/N-ethyl adjacent to an activating group) is 1. The Morgan fingerprint density at radius 1 is 1.41 bits per heavy atom. The highest BCUT2D eigenvalue weighted by molar-refractivity contribution is 5.04. The van der Waals surface area contributed by atoms with Crippen molar-refractivity contribution in [2.75, 3.05) is 26.9 Å². The second kappa shape index (κ2) is 7.14. The third kappa shape index (κ3) is 3.80. The Morgan fingerprint density at radius 2 is 2.06 bits per heavy atom. The molecule has 1 heterocycles. The molecule has 0 aliphatic carbocycles. The van der Waals surface area contributed by atoms with Crippen LogP contribution in [0.3, 0.4) is 0 Å². The van der Waals surface area contributed by atoms with Crippen molar-refractivity contribution in [1.29, 1.82) is 0 Å². The summed E-state index contributed by atoms with van der Waals surface area (Å²) in [6, 6.07) is 0.346. The molecule has 17 heavy (non-hydrogen) atoms. The van der Waals surface area contributed by atoms with Gasteiger partial charge in [0, 0.05) is 38.7 Å². The molecular formula is C14H27NO2. The topological polar surface area (TPSA) is 30.5 Å². The smallest absolute Gasteiger partial charge is 0.0881 e. The molecule has 1 fully saturated rings. The maximum atomic E-state index is 6.09. The van der Waals surface area contributed by atoms with Crippen molar-refractivity contribution in [1.82, 2.24) is 5.32 Å². The Balaban J connectivity index is 2.74. The zero-order valence-electron chi connectivity index (χ0n) is 11.6. The molecule has 1 rings (SSSR count). The Labute approximate surface area is 106 Å². The zero-order valence-corrected chi connectivity index (χ0v) is 11.6. The van der Waals surface area contributed by atoms with Crippen molar-refractivity contribution in [2.24, 2.45) is 0 Å². The molecule has 3 nitrogen and oxygen atoms in total. The summed E-state index contributed by atoms with van der Waals surface area (Å²) in [7, 11) is 2.02. The first-order valence-electron chi connectivity index (χ1n) is 6.74. The van der Waals surface area contributed by atoms with Gasteiger partial charge in [0.2, 0.25) is 0 Å². The normalized spacial score (nSPS) is 21.1. The monoisotopic (exact) mass is 241 g/mol. The van der Waals surface area contributed by atoms with Gasteiger partial charge in [0.05, 0.1) is 5.60 Å². The molecule has 1 N–H and O–H groups in total. The molecule has 0 aromatic rings. The van der Waals surface area contributed by atoms with Crippen LogP contribution in [0, 0.1) is 0 Å². The summed E-state index contributed by atoms with van der Waals surface area (Å²) in [4.78, 5) is 0. The second-order valence-electron chi connectivity index (χ2n) is 4.76. The molecule has 1 saturated heterocycles. The molecular weight excluding hydrogens is 214 g/mol. The fourth-order valence-electron chi connectivity index (χ4n) is 2.58. The first kappa shape index (κ1) is 14.7. The number of rotatable bonds is 7. The number of hydrogen-bond acceptors (Lipinski definition) is 3. The van der Waals surface area contributed by atoms with Crippen molar-refractivity contribution >= 4 is 0 Å². The van der Waals surface area contributed by atoms with E-state index in [0.29, 0.717) is 6.04 Å². The molecule has 0 bridgehead atoms. The molecule has 0 aromatic heterocycles. The summed E-state index contributed by atoms with van der Waals surface area (Å²) in [5.41, 5.74) is 1.22. The fraction of sp³-hybridized carbons (Fsp3) is 0.857. The van der Waals surface area contributed by atoms with E-state index in [1.807, 2.05) is 7.05 Å². The minimum Gasteiger partial charge on any atom is -0.381 e. The van der Waals surface area contributed by atoms with Crippen molar-refractivity contribution in [2.45, 2.75) is 51.2 Å². The van der Waals surface area contributed by atoms with Crippen molar-refractivity contribution in [3.05, 3.63) is 12.2 Å². The van der Waals surface area contributed by atoms with Gasteiger partial charge in [-0.05, 0) is 26.8 Å². The van der Waals surface area contributed by atoms with Crippen LogP contribution < -0.4 is 5.32 Å². The first-order chi connectivity index (χ1) is 8.18. The lowest BCUT2D eigenvalue weighted by molar-refractivity contribution is -0.125. The predicted molar refractivity (Wildman–Crippen MR) is 71.3 cm³/mol. The number of nitrogens with one attached hydrogen (secondary N) is 1. The fourth-order valence-corrected chi connectivity index (χ4v) is 2.58. The molecule has 100 valence electrons. The minimum absolute atomic E-state index is 0.0696. The van der Waals surface area contributed by atoms with Gasteiger partial charge in [-0.25, -0.2) is 0 Å². The van der Waals surface area contributed by atoms with Crippen LogP contribution in [0.1, 0.15) is 39.5 Å². The molecule has 1 atom stereocenters. The van der Waals surface area contributed by atoms with E-state index >= 15 is 0 Å². The van der Waals surface area contributed by atoms with Gasteiger partial charge in [0.1, 0.15) is 0 Å². The summed E-state index contributed by atoms with van der Waals surface area (Å²) in [6.45, 7) is 10.7. The van der Waals surface area contributed by atoms with Gasteiger partial charge in [-0.2, -0.15) is 0 Å². The van der Waals surface area contributed by atoms with E-state index in [-0.39, 0.29) is 5.60 Å². The zero-order chi connectivity index (χ0) is 12.7. The van der Waals surface area contributed by atoms with Crippen LogP contribution in [0.4, 0.5) is 0 Å². The van der Waals surface area contributed by atoms with Gasteiger partial charge >= 0.3 is 0 Å². The Morgan fingerprint density at radius 3 is 2.53 bits per heavy atom. The van der Waals surface area contributed by atoms with Crippen LogP contribution in [0.2, 0.25) is 0 Å². The van der Waals surface area contributed by atoms with Gasteiger partial charge < -0.3 is 14.8 Å². The highest BCUT2D eigenvalue weighted by atomic mass is 16.5. The van der Waals surface area contributed by atoms with Gasteiger partial charge in [-0.3, -0.25) is 0 Å². The summed E-state index contributed by atoms with van der Waals surface area (Å²) in [5, 5.41) is 3.42. The van der Waals surface area contributed by atoms with E-state index in [0.717, 1.165) is 45.5 Å². The highest BCUT2D eigenvalue weighted by Gasteiger charge is 2.40. The third-order valence-electron chi connectivity index (χ3n) is 3.75. The molecule has 3 heteroatoms. The summed E-state index contributed by atoms with van der Waals surface area (Å²) in [5.74, 6) is 0. The van der Waals surface area contributed by atoms with E-state index in [9.17, 15) is 0 Å². The Bertz CT molecular complexity index is 229. The molecule has 0 aromatic carbocycles. The highest BCUT2D eigenvalue weighted by Crippen LogP contribution is 2.32. The van der Waals surface area contributed by atoms with E-state index in [1.165, 1.54) is 5.57 Å². The summed E-state index contributed by atoms with van der Waals surface area (Å²) >= 11 is 0. The molecule has 0 saturated carbocycles. The van der Waals surface area contributed by atoms with E-state index in [2.05, 4.69) is 25.7 Å².